The average molecular weight is 516 g/mol. The highest BCUT2D eigenvalue weighted by molar-refractivity contribution is 7.80. The van der Waals surface area contributed by atoms with E-state index in [4.69, 9.17) is 11.5 Å². The Kier molecular flexibility index (Phi) is 13.4. The van der Waals surface area contributed by atoms with Crippen LogP contribution in [0.1, 0.15) is 24.8 Å². The smallest absolute Gasteiger partial charge is 0.327 e. The summed E-state index contributed by atoms with van der Waals surface area (Å²) in [4.78, 5) is 49.5. The second-order valence-electron chi connectivity index (χ2n) is 7.65. The van der Waals surface area contributed by atoms with Crippen molar-refractivity contribution in [1.82, 2.24) is 16.0 Å². The van der Waals surface area contributed by atoms with Crippen molar-refractivity contribution in [2.45, 2.75) is 49.9 Å². The third kappa shape index (κ3) is 10.2. The number of carbonyl (C=O) groups excluding carboxylic acids is 3. The minimum atomic E-state index is -1.26. The summed E-state index contributed by atoms with van der Waals surface area (Å²) >= 11 is 7.93. The molecule has 3 amide bonds. The lowest BCUT2D eigenvalue weighted by Crippen LogP contribution is -2.58. The average Bonchev–Trinajstić information content (AvgIpc) is 2.81. The molecule has 13 heteroatoms. The molecule has 0 saturated heterocycles. The van der Waals surface area contributed by atoms with E-state index in [9.17, 15) is 29.4 Å². The Bertz CT molecular complexity index is 826. The molecule has 0 fully saturated rings. The molecule has 0 aliphatic carbocycles. The molecule has 0 heterocycles. The first kappa shape index (κ1) is 29.6. The highest BCUT2D eigenvalue weighted by Crippen LogP contribution is 2.12. The van der Waals surface area contributed by atoms with Gasteiger partial charge < -0.3 is 37.6 Å². The van der Waals surface area contributed by atoms with Crippen LogP contribution in [-0.4, -0.2) is 76.1 Å². The largest absolute Gasteiger partial charge is 0.508 e. The van der Waals surface area contributed by atoms with Crippen molar-refractivity contribution in [3.8, 4) is 5.75 Å². The van der Waals surface area contributed by atoms with E-state index in [2.05, 4.69) is 41.2 Å². The maximum absolute atomic E-state index is 13.1. The van der Waals surface area contributed by atoms with Gasteiger partial charge in [-0.2, -0.15) is 25.3 Å². The van der Waals surface area contributed by atoms with Crippen molar-refractivity contribution in [3.63, 3.8) is 0 Å². The molecule has 190 valence electrons. The molecule has 0 saturated carbocycles. The lowest BCUT2D eigenvalue weighted by Gasteiger charge is -2.25. The third-order valence-electron chi connectivity index (χ3n) is 4.92. The van der Waals surface area contributed by atoms with Gasteiger partial charge >= 0.3 is 5.97 Å². The van der Waals surface area contributed by atoms with Crippen LogP contribution in [0.5, 0.6) is 5.75 Å². The van der Waals surface area contributed by atoms with Crippen LogP contribution in [0, 0.1) is 0 Å². The number of thiol groups is 2. The molecule has 0 aromatic heterocycles. The maximum Gasteiger partial charge on any atom is 0.327 e. The molecule has 0 radical (unpaired) electrons. The van der Waals surface area contributed by atoms with Gasteiger partial charge in [-0.3, -0.25) is 14.4 Å². The van der Waals surface area contributed by atoms with E-state index in [-0.39, 0.29) is 30.1 Å². The highest BCUT2D eigenvalue weighted by atomic mass is 32.1. The molecular formula is C21H33N5O6S2. The van der Waals surface area contributed by atoms with Gasteiger partial charge in [-0.15, -0.1) is 0 Å². The van der Waals surface area contributed by atoms with Gasteiger partial charge in [0, 0.05) is 17.9 Å². The highest BCUT2D eigenvalue weighted by Gasteiger charge is 2.29. The molecule has 0 aliphatic heterocycles. The Morgan fingerprint density at radius 2 is 1.41 bits per heavy atom. The lowest BCUT2D eigenvalue weighted by atomic mass is 10.0. The molecule has 4 unspecified atom stereocenters. The van der Waals surface area contributed by atoms with Crippen molar-refractivity contribution in [2.24, 2.45) is 11.5 Å². The number of unbranched alkanes of at least 4 members (excludes halogenated alkanes) is 1. The van der Waals surface area contributed by atoms with Gasteiger partial charge in [0.15, 0.2) is 0 Å². The summed E-state index contributed by atoms with van der Waals surface area (Å²) in [7, 11) is 0. The Hall–Kier alpha value is -2.48. The van der Waals surface area contributed by atoms with Crippen molar-refractivity contribution in [2.75, 3.05) is 18.1 Å². The van der Waals surface area contributed by atoms with Crippen LogP contribution in [-0.2, 0) is 25.6 Å². The van der Waals surface area contributed by atoms with Crippen LogP contribution in [0.2, 0.25) is 0 Å². The number of phenols is 1. The summed E-state index contributed by atoms with van der Waals surface area (Å²) in [6, 6.07) is 1.74. The molecule has 4 atom stereocenters. The van der Waals surface area contributed by atoms with Crippen molar-refractivity contribution in [1.29, 1.82) is 0 Å². The summed E-state index contributed by atoms with van der Waals surface area (Å²) < 4.78 is 0. The van der Waals surface area contributed by atoms with E-state index in [1.54, 1.807) is 12.1 Å². The summed E-state index contributed by atoms with van der Waals surface area (Å²) in [5.41, 5.74) is 11.9. The van der Waals surface area contributed by atoms with Crippen LogP contribution in [0.4, 0.5) is 0 Å². The van der Waals surface area contributed by atoms with Gasteiger partial charge in [0.2, 0.25) is 17.7 Å². The van der Waals surface area contributed by atoms with E-state index in [0.29, 0.717) is 24.9 Å². The Labute approximate surface area is 209 Å². The number of hydrogen-bond acceptors (Lipinski definition) is 9. The fraction of sp³-hybridized carbons (Fsp3) is 0.524. The quantitative estimate of drug-likeness (QED) is 0.102. The molecule has 0 aliphatic rings. The Morgan fingerprint density at radius 3 is 1.94 bits per heavy atom. The number of nitrogens with two attached hydrogens (primary N) is 2. The molecule has 1 aromatic rings. The van der Waals surface area contributed by atoms with Gasteiger partial charge in [-0.1, -0.05) is 12.1 Å². The zero-order valence-corrected chi connectivity index (χ0v) is 20.4. The van der Waals surface area contributed by atoms with Crippen molar-refractivity contribution < 1.29 is 29.4 Å². The second kappa shape index (κ2) is 15.4. The molecule has 0 bridgehead atoms. The topological polar surface area (TPSA) is 197 Å². The number of amides is 3. The first-order chi connectivity index (χ1) is 16.1. The van der Waals surface area contributed by atoms with Crippen LogP contribution in [0.15, 0.2) is 24.3 Å². The number of phenolic OH excluding ortho intramolecular Hbond substituents is 1. The van der Waals surface area contributed by atoms with E-state index in [0.717, 1.165) is 0 Å². The maximum atomic E-state index is 13.1. The van der Waals surface area contributed by atoms with Crippen LogP contribution in [0.3, 0.4) is 0 Å². The molecule has 1 rings (SSSR count). The zero-order valence-electron chi connectivity index (χ0n) is 18.6. The number of carbonyl (C=O) groups is 4. The van der Waals surface area contributed by atoms with Crippen LogP contribution in [0.25, 0.3) is 0 Å². The number of carboxylic acids is 1. The van der Waals surface area contributed by atoms with Crippen molar-refractivity contribution in [3.05, 3.63) is 29.8 Å². The number of benzene rings is 1. The minimum absolute atomic E-state index is 0.0414. The molecule has 0 spiro atoms. The number of rotatable bonds is 15. The summed E-state index contributed by atoms with van der Waals surface area (Å²) in [6.07, 6.45) is 1.37. The molecule has 9 N–H and O–H groups in total. The first-order valence-corrected chi connectivity index (χ1v) is 12.0. The summed E-state index contributed by atoms with van der Waals surface area (Å²) in [6.45, 7) is 0.387. The molecule has 34 heavy (non-hydrogen) atoms. The molecule has 1 aromatic carbocycles. The lowest BCUT2D eigenvalue weighted by molar-refractivity contribution is -0.141. The number of carboxylic acid groups (broad SMARTS) is 1. The minimum Gasteiger partial charge on any atom is -0.508 e. The molecular weight excluding hydrogens is 482 g/mol. The fourth-order valence-corrected chi connectivity index (χ4v) is 3.34. The fourth-order valence-electron chi connectivity index (χ4n) is 2.93. The zero-order chi connectivity index (χ0) is 25.7. The van der Waals surface area contributed by atoms with Gasteiger partial charge in [0.05, 0.1) is 6.04 Å². The number of hydrogen-bond donors (Lipinski definition) is 9. The monoisotopic (exact) mass is 515 g/mol. The number of aromatic hydroxyl groups is 1. The van der Waals surface area contributed by atoms with Crippen molar-refractivity contribution >= 4 is 48.9 Å². The summed E-state index contributed by atoms with van der Waals surface area (Å²) in [5.74, 6) is -3.23. The van der Waals surface area contributed by atoms with E-state index in [1.165, 1.54) is 12.1 Å². The number of aliphatic carboxylic acids is 1. The van der Waals surface area contributed by atoms with E-state index in [1.807, 2.05) is 0 Å². The van der Waals surface area contributed by atoms with Gasteiger partial charge in [-0.25, -0.2) is 4.79 Å². The Balaban J connectivity index is 3.07. The van der Waals surface area contributed by atoms with Gasteiger partial charge in [0.25, 0.3) is 0 Å². The van der Waals surface area contributed by atoms with Gasteiger partial charge in [-0.05, 0) is 43.5 Å². The summed E-state index contributed by atoms with van der Waals surface area (Å²) in [5, 5.41) is 26.2. The van der Waals surface area contributed by atoms with Gasteiger partial charge in [0.1, 0.15) is 23.9 Å². The normalized spacial score (nSPS) is 14.4. The van der Waals surface area contributed by atoms with Crippen LogP contribution < -0.4 is 27.4 Å². The predicted molar refractivity (Wildman–Crippen MR) is 134 cm³/mol. The predicted octanol–water partition coefficient (Wildman–Crippen LogP) is -1.21. The molecule has 11 nitrogen and oxygen atoms in total. The van der Waals surface area contributed by atoms with E-state index >= 15 is 0 Å². The third-order valence-corrected chi connectivity index (χ3v) is 5.68. The standard InChI is InChI=1S/C21H33N5O6S2/c22-8-2-1-3-15(19(29)26-17(11-34)21(31)32)24-20(30)16(25-18(28)14(23)10-33)9-12-4-6-13(27)7-5-12/h4-7,14-17,27,33-34H,1-3,8-11,22-23H2,(H,24,30)(H,25,28)(H,26,29)(H,31,32). The van der Waals surface area contributed by atoms with E-state index < -0.39 is 47.9 Å². The Morgan fingerprint density at radius 1 is 0.853 bits per heavy atom. The second-order valence-corrected chi connectivity index (χ2v) is 8.38. The first-order valence-electron chi connectivity index (χ1n) is 10.7. The van der Waals surface area contributed by atoms with Crippen LogP contribution >= 0.6 is 25.3 Å². The number of nitrogens with one attached hydrogen (secondary N) is 3. The SMILES string of the molecule is NCCCCC(NC(=O)C(Cc1ccc(O)cc1)NC(=O)C(N)CS)C(=O)NC(CS)C(=O)O.